The van der Waals surface area contributed by atoms with Gasteiger partial charge in [0.15, 0.2) is 0 Å². The van der Waals surface area contributed by atoms with E-state index in [0.717, 1.165) is 28.9 Å². The van der Waals surface area contributed by atoms with Gasteiger partial charge in [0.05, 0.1) is 0 Å². The number of hydrogen-bond donors (Lipinski definition) is 0. The summed E-state index contributed by atoms with van der Waals surface area (Å²) in [5, 5.41) is 0. The number of carbonyl (C=O) groups excluding carboxylic acids is 2. The van der Waals surface area contributed by atoms with E-state index in [9.17, 15) is 9.59 Å². The molecule has 1 fully saturated rings. The highest BCUT2D eigenvalue weighted by molar-refractivity contribution is 5.94. The first-order valence-corrected chi connectivity index (χ1v) is 11.0. The average molecular weight is 430 g/mol. The normalized spacial score (nSPS) is 16.5. The van der Waals surface area contributed by atoms with Gasteiger partial charge in [0, 0.05) is 6.42 Å². The predicted octanol–water partition coefficient (Wildman–Crippen LogP) is 5.87. The van der Waals surface area contributed by atoms with Crippen molar-refractivity contribution in [2.45, 2.75) is 38.3 Å². The lowest BCUT2D eigenvalue weighted by molar-refractivity contribution is -0.129. The van der Waals surface area contributed by atoms with E-state index in [1.54, 1.807) is 0 Å². The average Bonchev–Trinajstić information content (AvgIpc) is 3.24. The maximum atomic E-state index is 13.2. The van der Waals surface area contributed by atoms with Gasteiger partial charge in [0.2, 0.25) is 5.91 Å². The van der Waals surface area contributed by atoms with Gasteiger partial charge >= 0.3 is 6.09 Å². The number of cyclic esters (lactones) is 1. The van der Waals surface area contributed by atoms with Crippen LogP contribution in [0.3, 0.4) is 0 Å². The Morgan fingerprint density at radius 1 is 1.03 bits per heavy atom. The van der Waals surface area contributed by atoms with Crippen LogP contribution < -0.4 is 4.74 Å². The smallest absolute Gasteiger partial charge is 0.417 e. The molecular weight excluding hydrogens is 402 g/mol. The van der Waals surface area contributed by atoms with Crippen LogP contribution in [0, 0.1) is 0 Å². The molecule has 1 aliphatic heterocycles. The lowest BCUT2D eigenvalue weighted by Crippen LogP contribution is -2.35. The first kappa shape index (κ1) is 21.6. The summed E-state index contributed by atoms with van der Waals surface area (Å²) in [5.41, 5.74) is 3.02. The van der Waals surface area contributed by atoms with Crippen molar-refractivity contribution in [2.24, 2.45) is 0 Å². The number of rotatable bonds is 8. The predicted molar refractivity (Wildman–Crippen MR) is 122 cm³/mol. The zero-order valence-corrected chi connectivity index (χ0v) is 18.1. The Bertz CT molecular complexity index is 1050. The van der Waals surface area contributed by atoms with Gasteiger partial charge in [0.25, 0.3) is 0 Å². The Labute approximate surface area is 188 Å². The SMILES string of the molecule is CC[C@H](CC(=O)N1C(=O)OC[C@H]1c1ccccc1)c1cccc(OCc2ccccc2)c1. The summed E-state index contributed by atoms with van der Waals surface area (Å²) in [4.78, 5) is 26.8. The Balaban J connectivity index is 1.45. The van der Waals surface area contributed by atoms with Crippen molar-refractivity contribution in [1.29, 1.82) is 0 Å². The molecule has 0 unspecified atom stereocenters. The molecule has 5 nitrogen and oxygen atoms in total. The summed E-state index contributed by atoms with van der Waals surface area (Å²) < 4.78 is 11.2. The molecule has 0 bridgehead atoms. The van der Waals surface area contributed by atoms with Crippen LogP contribution in [0.2, 0.25) is 0 Å². The first-order chi connectivity index (χ1) is 15.7. The molecule has 3 aromatic rings. The zero-order chi connectivity index (χ0) is 22.3. The molecule has 3 aromatic carbocycles. The minimum absolute atomic E-state index is 0.0207. The Morgan fingerprint density at radius 3 is 2.47 bits per heavy atom. The molecule has 1 aliphatic rings. The summed E-state index contributed by atoms with van der Waals surface area (Å²) in [7, 11) is 0. The highest BCUT2D eigenvalue weighted by atomic mass is 16.6. The lowest BCUT2D eigenvalue weighted by Gasteiger charge is -2.23. The molecule has 4 rings (SSSR count). The van der Waals surface area contributed by atoms with Gasteiger partial charge in [-0.15, -0.1) is 0 Å². The highest BCUT2D eigenvalue weighted by Gasteiger charge is 2.39. The fourth-order valence-corrected chi connectivity index (χ4v) is 4.02. The molecule has 0 saturated carbocycles. The summed E-state index contributed by atoms with van der Waals surface area (Å²) >= 11 is 0. The van der Waals surface area contributed by atoms with Crippen LogP contribution in [0.25, 0.3) is 0 Å². The monoisotopic (exact) mass is 429 g/mol. The van der Waals surface area contributed by atoms with Gasteiger partial charge in [-0.25, -0.2) is 9.69 Å². The van der Waals surface area contributed by atoms with Gasteiger partial charge in [-0.2, -0.15) is 0 Å². The summed E-state index contributed by atoms with van der Waals surface area (Å²) in [6.07, 6.45) is 0.433. The molecule has 1 saturated heterocycles. The Morgan fingerprint density at radius 2 is 1.75 bits per heavy atom. The second-order valence-electron chi connectivity index (χ2n) is 7.92. The van der Waals surface area contributed by atoms with Gasteiger partial charge in [-0.3, -0.25) is 4.79 Å². The third kappa shape index (κ3) is 4.99. The van der Waals surface area contributed by atoms with Crippen LogP contribution >= 0.6 is 0 Å². The van der Waals surface area contributed by atoms with Crippen molar-refractivity contribution in [3.05, 3.63) is 102 Å². The number of ether oxygens (including phenoxy) is 2. The van der Waals surface area contributed by atoms with E-state index in [-0.39, 0.29) is 30.9 Å². The van der Waals surface area contributed by atoms with Crippen molar-refractivity contribution in [3.8, 4) is 5.75 Å². The van der Waals surface area contributed by atoms with E-state index in [0.29, 0.717) is 6.61 Å². The fraction of sp³-hybridized carbons (Fsp3) is 0.259. The molecule has 2 amide bonds. The zero-order valence-electron chi connectivity index (χ0n) is 18.1. The van der Waals surface area contributed by atoms with Crippen molar-refractivity contribution in [1.82, 2.24) is 4.90 Å². The molecule has 0 aliphatic carbocycles. The van der Waals surface area contributed by atoms with Crippen LogP contribution in [-0.4, -0.2) is 23.5 Å². The number of nitrogens with zero attached hydrogens (tertiary/aromatic N) is 1. The molecule has 0 radical (unpaired) electrons. The van der Waals surface area contributed by atoms with E-state index < -0.39 is 6.09 Å². The van der Waals surface area contributed by atoms with Gasteiger partial charge in [-0.05, 0) is 41.2 Å². The molecule has 2 atom stereocenters. The molecular formula is C27H27NO4. The summed E-state index contributed by atoms with van der Waals surface area (Å²) in [6.45, 7) is 2.72. The summed E-state index contributed by atoms with van der Waals surface area (Å²) in [6, 6.07) is 27.0. The van der Waals surface area contributed by atoms with E-state index in [4.69, 9.17) is 9.47 Å². The molecule has 5 heteroatoms. The van der Waals surface area contributed by atoms with Crippen molar-refractivity contribution in [3.63, 3.8) is 0 Å². The largest absolute Gasteiger partial charge is 0.489 e. The molecule has 32 heavy (non-hydrogen) atoms. The number of benzene rings is 3. The maximum Gasteiger partial charge on any atom is 0.417 e. The highest BCUT2D eigenvalue weighted by Crippen LogP contribution is 2.32. The number of imide groups is 1. The topological polar surface area (TPSA) is 55.8 Å². The van der Waals surface area contributed by atoms with Gasteiger partial charge in [-0.1, -0.05) is 79.7 Å². The second-order valence-corrected chi connectivity index (χ2v) is 7.92. The van der Waals surface area contributed by atoms with Crippen molar-refractivity contribution in [2.75, 3.05) is 6.61 Å². The molecule has 0 N–H and O–H groups in total. The number of amides is 2. The fourth-order valence-electron chi connectivity index (χ4n) is 4.02. The van der Waals surface area contributed by atoms with Crippen molar-refractivity contribution < 1.29 is 19.1 Å². The van der Waals surface area contributed by atoms with Crippen LogP contribution in [0.15, 0.2) is 84.9 Å². The Hall–Kier alpha value is -3.60. The standard InChI is InChI=1S/C27H27NO4/c1-2-21(23-14-9-15-24(16-23)31-18-20-10-5-3-6-11-20)17-26(29)28-25(19-32-27(28)30)22-12-7-4-8-13-22/h3-16,21,25H,2,17-19H2,1H3/t21-,25+/m1/s1. The molecule has 0 spiro atoms. The third-order valence-electron chi connectivity index (χ3n) is 5.82. The summed E-state index contributed by atoms with van der Waals surface area (Å²) in [5.74, 6) is 0.524. The van der Waals surface area contributed by atoms with Crippen molar-refractivity contribution >= 4 is 12.0 Å². The third-order valence-corrected chi connectivity index (χ3v) is 5.82. The van der Waals surface area contributed by atoms with Crippen LogP contribution in [-0.2, 0) is 16.1 Å². The minimum atomic E-state index is -0.571. The van der Waals surface area contributed by atoms with Crippen LogP contribution in [0.5, 0.6) is 5.75 Å². The molecule has 164 valence electrons. The maximum absolute atomic E-state index is 13.2. The minimum Gasteiger partial charge on any atom is -0.489 e. The van der Waals surface area contributed by atoms with Crippen LogP contribution in [0.4, 0.5) is 4.79 Å². The quantitative estimate of drug-likeness (QED) is 0.449. The van der Waals surface area contributed by atoms with Gasteiger partial charge in [0.1, 0.15) is 25.0 Å². The second kappa shape index (κ2) is 10.1. The van der Waals surface area contributed by atoms with Gasteiger partial charge < -0.3 is 9.47 Å². The van der Waals surface area contributed by atoms with Crippen LogP contribution in [0.1, 0.15) is 48.4 Å². The van der Waals surface area contributed by atoms with E-state index >= 15 is 0 Å². The number of hydrogen-bond acceptors (Lipinski definition) is 4. The first-order valence-electron chi connectivity index (χ1n) is 11.0. The van der Waals surface area contributed by atoms with E-state index in [1.807, 2.05) is 91.9 Å². The Kier molecular flexibility index (Phi) is 6.85. The molecule has 1 heterocycles. The number of carbonyl (C=O) groups is 2. The van der Waals surface area contributed by atoms with E-state index in [1.165, 1.54) is 4.90 Å². The van der Waals surface area contributed by atoms with E-state index in [2.05, 4.69) is 0 Å². The lowest BCUT2D eigenvalue weighted by atomic mass is 9.92. The molecule has 0 aromatic heterocycles.